The number of rotatable bonds is 6. The summed E-state index contributed by atoms with van der Waals surface area (Å²) in [7, 11) is 0. The second-order valence-corrected chi connectivity index (χ2v) is 3.05. The van der Waals surface area contributed by atoms with E-state index in [4.69, 9.17) is 11.5 Å². The fraction of sp³-hybridized carbons (Fsp3) is 0.556. The van der Waals surface area contributed by atoms with Crippen molar-refractivity contribution in [3.8, 4) is 0 Å². The minimum atomic E-state index is -0.105. The van der Waals surface area contributed by atoms with E-state index in [1.165, 1.54) is 0 Å². The van der Waals surface area contributed by atoms with Crippen molar-refractivity contribution in [2.75, 3.05) is 13.1 Å². The maximum Gasteiger partial charge on any atom is 0.246 e. The van der Waals surface area contributed by atoms with Crippen molar-refractivity contribution < 1.29 is 4.79 Å². The zero-order valence-electron chi connectivity index (χ0n) is 8.55. The lowest BCUT2D eigenvalue weighted by Gasteiger charge is -2.03. The van der Waals surface area contributed by atoms with Crippen molar-refractivity contribution in [3.05, 3.63) is 12.2 Å². The Morgan fingerprint density at radius 2 is 2.07 bits per heavy atom. The van der Waals surface area contributed by atoms with Crippen LogP contribution in [0.1, 0.15) is 19.8 Å². The number of carbonyl (C=O) groups is 1. The standard InChI is InChI=1S/C9H18N4O/c1-7(2)8(14)12-5-3-4-6-13-9(10)11/h1,3-6H2,2H3,(H,12,14)(H4,10,11,13). The Morgan fingerprint density at radius 3 is 2.57 bits per heavy atom. The maximum atomic E-state index is 11.0. The van der Waals surface area contributed by atoms with Crippen molar-refractivity contribution in [2.24, 2.45) is 16.5 Å². The molecule has 0 aromatic rings. The van der Waals surface area contributed by atoms with E-state index in [2.05, 4.69) is 16.9 Å². The van der Waals surface area contributed by atoms with Crippen molar-refractivity contribution in [2.45, 2.75) is 19.8 Å². The number of hydrogen-bond donors (Lipinski definition) is 3. The summed E-state index contributed by atoms with van der Waals surface area (Å²) in [5.41, 5.74) is 10.8. The van der Waals surface area contributed by atoms with Crippen LogP contribution in [0.4, 0.5) is 0 Å². The minimum absolute atomic E-state index is 0.105. The van der Waals surface area contributed by atoms with Gasteiger partial charge in [-0.3, -0.25) is 9.79 Å². The van der Waals surface area contributed by atoms with Gasteiger partial charge in [0.25, 0.3) is 0 Å². The molecule has 80 valence electrons. The molecule has 0 saturated heterocycles. The van der Waals surface area contributed by atoms with Crippen LogP contribution < -0.4 is 16.8 Å². The number of nitrogens with one attached hydrogen (secondary N) is 1. The van der Waals surface area contributed by atoms with E-state index in [0.29, 0.717) is 18.7 Å². The van der Waals surface area contributed by atoms with Gasteiger partial charge in [-0.1, -0.05) is 6.58 Å². The molecule has 1 amide bonds. The van der Waals surface area contributed by atoms with Gasteiger partial charge >= 0.3 is 0 Å². The number of amides is 1. The van der Waals surface area contributed by atoms with Gasteiger partial charge in [0.15, 0.2) is 5.96 Å². The quantitative estimate of drug-likeness (QED) is 0.237. The molecule has 0 spiro atoms. The second kappa shape index (κ2) is 6.94. The molecule has 0 aliphatic carbocycles. The molecule has 0 radical (unpaired) electrons. The van der Waals surface area contributed by atoms with Crippen molar-refractivity contribution >= 4 is 11.9 Å². The molecule has 0 saturated carbocycles. The van der Waals surface area contributed by atoms with E-state index < -0.39 is 0 Å². The number of aliphatic imine (C=N–C) groups is 1. The van der Waals surface area contributed by atoms with E-state index in [1.54, 1.807) is 6.92 Å². The topological polar surface area (TPSA) is 93.5 Å². The van der Waals surface area contributed by atoms with Crippen LogP contribution in [0, 0.1) is 0 Å². The van der Waals surface area contributed by atoms with Gasteiger partial charge in [-0.25, -0.2) is 0 Å². The summed E-state index contributed by atoms with van der Waals surface area (Å²) in [4.78, 5) is 14.8. The van der Waals surface area contributed by atoms with Gasteiger partial charge in [-0.2, -0.15) is 0 Å². The maximum absolute atomic E-state index is 11.0. The van der Waals surface area contributed by atoms with Gasteiger partial charge in [-0.15, -0.1) is 0 Å². The van der Waals surface area contributed by atoms with Crippen molar-refractivity contribution in [3.63, 3.8) is 0 Å². The van der Waals surface area contributed by atoms with Crippen LogP contribution in [0.25, 0.3) is 0 Å². The summed E-state index contributed by atoms with van der Waals surface area (Å²) >= 11 is 0. The lowest BCUT2D eigenvalue weighted by molar-refractivity contribution is -0.117. The third-order valence-electron chi connectivity index (χ3n) is 1.55. The van der Waals surface area contributed by atoms with Crippen LogP contribution >= 0.6 is 0 Å². The van der Waals surface area contributed by atoms with E-state index >= 15 is 0 Å². The molecule has 0 aromatic heterocycles. The SMILES string of the molecule is C=C(C)C(=O)NCCCCN=C(N)N. The average Bonchev–Trinajstić information content (AvgIpc) is 2.09. The van der Waals surface area contributed by atoms with Gasteiger partial charge in [-0.05, 0) is 19.8 Å². The first-order valence-electron chi connectivity index (χ1n) is 4.53. The Morgan fingerprint density at radius 1 is 1.43 bits per heavy atom. The Bertz CT molecular complexity index is 231. The van der Waals surface area contributed by atoms with E-state index in [-0.39, 0.29) is 11.9 Å². The van der Waals surface area contributed by atoms with Gasteiger partial charge < -0.3 is 16.8 Å². The molecule has 5 heteroatoms. The molecule has 5 nitrogen and oxygen atoms in total. The van der Waals surface area contributed by atoms with Crippen LogP contribution in [0.3, 0.4) is 0 Å². The summed E-state index contributed by atoms with van der Waals surface area (Å²) in [6, 6.07) is 0. The highest BCUT2D eigenvalue weighted by Crippen LogP contribution is 1.90. The molecular formula is C9H18N4O. The van der Waals surface area contributed by atoms with Gasteiger partial charge in [0.1, 0.15) is 0 Å². The summed E-state index contributed by atoms with van der Waals surface area (Å²) < 4.78 is 0. The molecule has 0 aliphatic heterocycles. The van der Waals surface area contributed by atoms with Crippen LogP contribution in [0.15, 0.2) is 17.1 Å². The van der Waals surface area contributed by atoms with Crippen molar-refractivity contribution in [1.82, 2.24) is 5.32 Å². The number of carbonyl (C=O) groups excluding carboxylic acids is 1. The van der Waals surface area contributed by atoms with Gasteiger partial charge in [0.05, 0.1) is 0 Å². The van der Waals surface area contributed by atoms with Gasteiger partial charge in [0, 0.05) is 18.7 Å². The lowest BCUT2D eigenvalue weighted by Crippen LogP contribution is -2.25. The normalized spacial score (nSPS) is 9.21. The number of unbranched alkanes of at least 4 members (excludes halogenated alkanes) is 1. The second-order valence-electron chi connectivity index (χ2n) is 3.05. The Hall–Kier alpha value is -1.52. The Labute approximate surface area is 84.3 Å². The number of guanidine groups is 1. The van der Waals surface area contributed by atoms with Crippen molar-refractivity contribution in [1.29, 1.82) is 0 Å². The van der Waals surface area contributed by atoms with Crippen LogP contribution in [0.2, 0.25) is 0 Å². The fourth-order valence-electron chi connectivity index (χ4n) is 0.798. The highest BCUT2D eigenvalue weighted by Gasteiger charge is 1.98. The summed E-state index contributed by atoms with van der Waals surface area (Å²) in [5, 5.41) is 2.72. The lowest BCUT2D eigenvalue weighted by atomic mass is 10.3. The van der Waals surface area contributed by atoms with E-state index in [0.717, 1.165) is 12.8 Å². The van der Waals surface area contributed by atoms with Crippen LogP contribution in [-0.2, 0) is 4.79 Å². The smallest absolute Gasteiger partial charge is 0.246 e. The Kier molecular flexibility index (Phi) is 6.19. The molecule has 0 aromatic carbocycles. The molecular weight excluding hydrogens is 180 g/mol. The number of nitrogens with zero attached hydrogens (tertiary/aromatic N) is 1. The molecule has 0 unspecified atom stereocenters. The summed E-state index contributed by atoms with van der Waals surface area (Å²) in [6.45, 7) is 6.43. The fourth-order valence-corrected chi connectivity index (χ4v) is 0.798. The highest BCUT2D eigenvalue weighted by atomic mass is 16.1. The molecule has 0 heterocycles. The predicted molar refractivity (Wildman–Crippen MR) is 57.7 cm³/mol. The molecule has 5 N–H and O–H groups in total. The zero-order chi connectivity index (χ0) is 11.0. The summed E-state index contributed by atoms with van der Waals surface area (Å²) in [5.74, 6) is 0.00260. The first-order chi connectivity index (χ1) is 6.54. The summed E-state index contributed by atoms with van der Waals surface area (Å²) in [6.07, 6.45) is 1.71. The molecule has 0 aliphatic rings. The third kappa shape index (κ3) is 7.15. The number of hydrogen-bond acceptors (Lipinski definition) is 2. The molecule has 0 fully saturated rings. The average molecular weight is 198 g/mol. The minimum Gasteiger partial charge on any atom is -0.370 e. The molecule has 0 rings (SSSR count). The van der Waals surface area contributed by atoms with Crippen LogP contribution in [-0.4, -0.2) is 25.0 Å². The first-order valence-corrected chi connectivity index (χ1v) is 4.53. The van der Waals surface area contributed by atoms with Crippen LogP contribution in [0.5, 0.6) is 0 Å². The Balaban J connectivity index is 3.35. The monoisotopic (exact) mass is 198 g/mol. The molecule has 0 atom stereocenters. The number of nitrogens with two attached hydrogens (primary N) is 2. The largest absolute Gasteiger partial charge is 0.370 e. The van der Waals surface area contributed by atoms with E-state index in [9.17, 15) is 4.79 Å². The third-order valence-corrected chi connectivity index (χ3v) is 1.55. The van der Waals surface area contributed by atoms with Gasteiger partial charge in [0.2, 0.25) is 5.91 Å². The van der Waals surface area contributed by atoms with E-state index in [1.807, 2.05) is 0 Å². The first kappa shape index (κ1) is 12.5. The molecule has 0 bridgehead atoms. The zero-order valence-corrected chi connectivity index (χ0v) is 8.55. The highest BCUT2D eigenvalue weighted by molar-refractivity contribution is 5.91. The predicted octanol–water partition coefficient (Wildman–Crippen LogP) is -0.268. The molecule has 14 heavy (non-hydrogen) atoms.